The molecule has 0 aliphatic carbocycles. The summed E-state index contributed by atoms with van der Waals surface area (Å²) in [4.78, 5) is 10.1. The Labute approximate surface area is 99.2 Å². The van der Waals surface area contributed by atoms with Crippen LogP contribution in [0, 0.1) is 0 Å². The molecule has 1 aromatic rings. The standard InChI is InChI=1S/C11H12O5S/c1-2-8(7-11(12)13)9-3-5-10(6-4-9)17(14,15)16/h3-7H,2H2,1H3,(H,12,13)(H,14,15,16)/p-2/b8-7-. The van der Waals surface area contributed by atoms with Gasteiger partial charge in [0.1, 0.15) is 10.1 Å². The van der Waals surface area contributed by atoms with E-state index in [1.165, 1.54) is 12.1 Å². The molecule has 0 heterocycles. The van der Waals surface area contributed by atoms with E-state index in [1.54, 1.807) is 6.92 Å². The third-order valence-electron chi connectivity index (χ3n) is 2.19. The zero-order chi connectivity index (χ0) is 13.1. The van der Waals surface area contributed by atoms with E-state index < -0.39 is 16.1 Å². The molecule has 0 radical (unpaired) electrons. The first-order valence-corrected chi connectivity index (χ1v) is 6.23. The summed E-state index contributed by atoms with van der Waals surface area (Å²) in [6.07, 6.45) is 1.40. The first-order valence-electron chi connectivity index (χ1n) is 4.82. The molecule has 0 bridgehead atoms. The molecule has 0 aromatic heterocycles. The number of allylic oxidation sites excluding steroid dienone is 1. The first kappa shape index (κ1) is 13.4. The molecule has 0 saturated heterocycles. The van der Waals surface area contributed by atoms with E-state index in [2.05, 4.69) is 0 Å². The van der Waals surface area contributed by atoms with Crippen molar-refractivity contribution in [3.05, 3.63) is 35.9 Å². The van der Waals surface area contributed by atoms with Gasteiger partial charge in [0.25, 0.3) is 0 Å². The molecule has 0 atom stereocenters. The smallest absolute Gasteiger partial charge is 0.124 e. The van der Waals surface area contributed by atoms with E-state index in [0.29, 0.717) is 17.6 Å². The average Bonchev–Trinajstić information content (AvgIpc) is 2.24. The summed E-state index contributed by atoms with van der Waals surface area (Å²) in [6, 6.07) is 5.08. The Morgan fingerprint density at radius 2 is 1.82 bits per heavy atom. The summed E-state index contributed by atoms with van der Waals surface area (Å²) >= 11 is 0. The third-order valence-corrected chi connectivity index (χ3v) is 3.04. The van der Waals surface area contributed by atoms with Crippen LogP contribution in [0.15, 0.2) is 35.2 Å². The van der Waals surface area contributed by atoms with Crippen LogP contribution in [-0.2, 0) is 14.9 Å². The molecule has 0 spiro atoms. The highest BCUT2D eigenvalue weighted by molar-refractivity contribution is 7.85. The molecule has 0 amide bonds. The van der Waals surface area contributed by atoms with Crippen LogP contribution in [-0.4, -0.2) is 18.9 Å². The minimum Gasteiger partial charge on any atom is -0.744 e. The van der Waals surface area contributed by atoms with Crippen LogP contribution in [0.25, 0.3) is 5.57 Å². The van der Waals surface area contributed by atoms with E-state index in [9.17, 15) is 22.9 Å². The van der Waals surface area contributed by atoms with Crippen molar-refractivity contribution in [2.24, 2.45) is 0 Å². The van der Waals surface area contributed by atoms with Gasteiger partial charge < -0.3 is 14.5 Å². The molecule has 92 valence electrons. The van der Waals surface area contributed by atoms with Gasteiger partial charge in [-0.15, -0.1) is 0 Å². The van der Waals surface area contributed by atoms with Gasteiger partial charge in [0, 0.05) is 0 Å². The molecule has 0 aliphatic heterocycles. The van der Waals surface area contributed by atoms with Crippen molar-refractivity contribution >= 4 is 21.7 Å². The second-order valence-electron chi connectivity index (χ2n) is 3.32. The number of carboxylic acids is 1. The van der Waals surface area contributed by atoms with Crippen LogP contribution in [0.1, 0.15) is 18.9 Å². The van der Waals surface area contributed by atoms with E-state index in [4.69, 9.17) is 0 Å². The monoisotopic (exact) mass is 254 g/mol. The van der Waals surface area contributed by atoms with Gasteiger partial charge in [0.05, 0.1) is 10.9 Å². The predicted octanol–water partition coefficient (Wildman–Crippen LogP) is 0.134. The topological polar surface area (TPSA) is 97.3 Å². The molecule has 0 N–H and O–H groups in total. The Morgan fingerprint density at radius 3 is 2.18 bits per heavy atom. The van der Waals surface area contributed by atoms with E-state index in [1.807, 2.05) is 0 Å². The Hall–Kier alpha value is -1.66. The van der Waals surface area contributed by atoms with Gasteiger partial charge >= 0.3 is 0 Å². The summed E-state index contributed by atoms with van der Waals surface area (Å²) in [6.45, 7) is 1.76. The third kappa shape index (κ3) is 3.69. The molecule has 0 fully saturated rings. The minimum absolute atomic E-state index is 0.342. The Morgan fingerprint density at radius 1 is 1.29 bits per heavy atom. The van der Waals surface area contributed by atoms with Gasteiger partial charge in [-0.1, -0.05) is 19.1 Å². The second-order valence-corrected chi connectivity index (χ2v) is 4.70. The van der Waals surface area contributed by atoms with E-state index in [-0.39, 0.29) is 4.90 Å². The quantitative estimate of drug-likeness (QED) is 0.562. The summed E-state index contributed by atoms with van der Waals surface area (Å²) in [7, 11) is -4.47. The highest BCUT2D eigenvalue weighted by atomic mass is 32.2. The van der Waals surface area contributed by atoms with Crippen molar-refractivity contribution in [1.82, 2.24) is 0 Å². The predicted molar refractivity (Wildman–Crippen MR) is 57.7 cm³/mol. The summed E-state index contributed by atoms with van der Waals surface area (Å²) in [5.41, 5.74) is 1.05. The van der Waals surface area contributed by atoms with E-state index >= 15 is 0 Å². The summed E-state index contributed by atoms with van der Waals surface area (Å²) in [5, 5.41) is 10.4. The number of carbonyl (C=O) groups is 1. The number of carbonyl (C=O) groups excluding carboxylic acids is 1. The van der Waals surface area contributed by atoms with Crippen molar-refractivity contribution in [1.29, 1.82) is 0 Å². The van der Waals surface area contributed by atoms with Crippen molar-refractivity contribution in [2.75, 3.05) is 0 Å². The maximum absolute atomic E-state index is 10.7. The van der Waals surface area contributed by atoms with Gasteiger partial charge in [-0.2, -0.15) is 0 Å². The second kappa shape index (κ2) is 5.11. The maximum atomic E-state index is 10.7. The lowest BCUT2D eigenvalue weighted by Crippen LogP contribution is -2.19. The minimum atomic E-state index is -4.47. The number of rotatable bonds is 4. The molecular formula is C11H10O5S-2. The number of hydrogen-bond donors (Lipinski definition) is 0. The first-order chi connectivity index (χ1) is 7.84. The van der Waals surface area contributed by atoms with Crippen LogP contribution in [0.3, 0.4) is 0 Å². The van der Waals surface area contributed by atoms with Gasteiger partial charge in [-0.3, -0.25) is 0 Å². The van der Waals surface area contributed by atoms with Crippen molar-refractivity contribution < 1.29 is 22.9 Å². The fourth-order valence-corrected chi connectivity index (χ4v) is 1.84. The van der Waals surface area contributed by atoms with Crippen LogP contribution in [0.2, 0.25) is 0 Å². The molecular weight excluding hydrogens is 244 g/mol. The van der Waals surface area contributed by atoms with Crippen molar-refractivity contribution in [3.8, 4) is 0 Å². The van der Waals surface area contributed by atoms with Crippen LogP contribution in [0.5, 0.6) is 0 Å². The molecule has 0 unspecified atom stereocenters. The SMILES string of the molecule is CC/C(=C/C(=O)[O-])c1ccc(S(=O)(=O)[O-])cc1. The molecule has 5 nitrogen and oxygen atoms in total. The summed E-state index contributed by atoms with van der Waals surface area (Å²) in [5.74, 6) is -1.32. The molecule has 0 aliphatic rings. The van der Waals surface area contributed by atoms with Gasteiger partial charge in [-0.05, 0) is 35.8 Å². The highest BCUT2D eigenvalue weighted by Crippen LogP contribution is 2.19. The van der Waals surface area contributed by atoms with Gasteiger partial charge in [-0.25, -0.2) is 8.42 Å². The normalized spacial score (nSPS) is 12.5. The van der Waals surface area contributed by atoms with Gasteiger partial charge in [0.15, 0.2) is 0 Å². The number of aliphatic carboxylic acids is 1. The fraction of sp³-hybridized carbons (Fsp3) is 0.182. The number of carboxylic acid groups (broad SMARTS) is 1. The van der Waals surface area contributed by atoms with Gasteiger partial charge in [0.2, 0.25) is 0 Å². The lowest BCUT2D eigenvalue weighted by molar-refractivity contribution is -0.297. The van der Waals surface area contributed by atoms with Crippen LogP contribution in [0.4, 0.5) is 0 Å². The maximum Gasteiger partial charge on any atom is 0.124 e. The lowest BCUT2D eigenvalue weighted by Gasteiger charge is -2.09. The number of benzene rings is 1. The zero-order valence-electron chi connectivity index (χ0n) is 9.04. The fourth-order valence-electron chi connectivity index (χ4n) is 1.37. The highest BCUT2D eigenvalue weighted by Gasteiger charge is 2.03. The molecule has 17 heavy (non-hydrogen) atoms. The average molecular weight is 254 g/mol. The number of hydrogen-bond acceptors (Lipinski definition) is 5. The Kier molecular flexibility index (Phi) is 4.03. The molecule has 0 saturated carbocycles. The summed E-state index contributed by atoms with van der Waals surface area (Å²) < 4.78 is 32.1. The lowest BCUT2D eigenvalue weighted by atomic mass is 10.0. The zero-order valence-corrected chi connectivity index (χ0v) is 9.86. The Bertz CT molecular complexity index is 540. The molecule has 1 rings (SSSR count). The molecule has 1 aromatic carbocycles. The van der Waals surface area contributed by atoms with Crippen molar-refractivity contribution in [3.63, 3.8) is 0 Å². The van der Waals surface area contributed by atoms with E-state index in [0.717, 1.165) is 18.2 Å². The van der Waals surface area contributed by atoms with Crippen LogP contribution < -0.4 is 5.11 Å². The van der Waals surface area contributed by atoms with Crippen LogP contribution >= 0.6 is 0 Å². The Balaban J connectivity index is 3.14. The molecule has 6 heteroatoms. The largest absolute Gasteiger partial charge is 0.744 e. The van der Waals surface area contributed by atoms with Crippen molar-refractivity contribution in [2.45, 2.75) is 18.2 Å².